The highest BCUT2D eigenvalue weighted by atomic mass is 16.5. The monoisotopic (exact) mass is 556 g/mol. The zero-order chi connectivity index (χ0) is 28.2. The number of benzene rings is 1. The van der Waals surface area contributed by atoms with Crippen molar-refractivity contribution in [1.29, 1.82) is 0 Å². The molecule has 7 rings (SSSR count). The van der Waals surface area contributed by atoms with Crippen molar-refractivity contribution >= 4 is 17.5 Å². The number of hydrogen-bond acceptors (Lipinski definition) is 7. The zero-order valence-electron chi connectivity index (χ0n) is 23.5. The number of rotatable bonds is 8. The van der Waals surface area contributed by atoms with Gasteiger partial charge in [-0.25, -0.2) is 14.3 Å². The van der Waals surface area contributed by atoms with Gasteiger partial charge in [-0.05, 0) is 49.8 Å². The molecule has 0 bridgehead atoms. The Morgan fingerprint density at radius 3 is 2.59 bits per heavy atom. The Hall–Kier alpha value is -4.12. The number of amides is 2. The van der Waals surface area contributed by atoms with Crippen molar-refractivity contribution in [2.75, 3.05) is 37.7 Å². The van der Waals surface area contributed by atoms with Crippen molar-refractivity contribution < 1.29 is 14.6 Å². The molecule has 2 saturated heterocycles. The molecule has 214 valence electrons. The summed E-state index contributed by atoms with van der Waals surface area (Å²) in [6.45, 7) is 4.89. The SMILES string of the molecule is Cc1cc(OCC2(c3ccccc3)CC2)cn2nc(C(O)CN3CC4(CCN(c5ccn(C)n5)CC4)NC3=O)nc12. The van der Waals surface area contributed by atoms with Crippen LogP contribution in [0.2, 0.25) is 0 Å². The molecule has 41 heavy (non-hydrogen) atoms. The summed E-state index contributed by atoms with van der Waals surface area (Å²) in [5.41, 5.74) is 2.68. The first-order chi connectivity index (χ1) is 19.8. The van der Waals surface area contributed by atoms with Gasteiger partial charge in [0.05, 0.1) is 24.9 Å². The number of β-amino-alcohol motifs (C(OH)–C–C–N with tert-alkyl or cyclic N) is 1. The van der Waals surface area contributed by atoms with E-state index >= 15 is 0 Å². The number of pyridine rings is 1. The van der Waals surface area contributed by atoms with Crippen LogP contribution in [-0.4, -0.2) is 78.7 Å². The smallest absolute Gasteiger partial charge is 0.318 e. The lowest BCUT2D eigenvalue weighted by Crippen LogP contribution is -2.52. The molecule has 2 amide bonds. The number of hydrogen-bond donors (Lipinski definition) is 2. The fourth-order valence-corrected chi connectivity index (χ4v) is 6.27. The van der Waals surface area contributed by atoms with Gasteiger partial charge in [-0.1, -0.05) is 30.3 Å². The van der Waals surface area contributed by atoms with Crippen molar-refractivity contribution in [3.8, 4) is 5.75 Å². The second kappa shape index (κ2) is 9.76. The molecule has 3 aliphatic rings. The largest absolute Gasteiger partial charge is 0.491 e. The number of nitrogens with zero attached hydrogens (tertiary/aromatic N) is 7. The maximum atomic E-state index is 12.9. The number of urea groups is 1. The van der Waals surface area contributed by atoms with Crippen LogP contribution in [0.3, 0.4) is 0 Å². The first kappa shape index (κ1) is 25.8. The van der Waals surface area contributed by atoms with Crippen LogP contribution < -0.4 is 15.0 Å². The van der Waals surface area contributed by atoms with E-state index in [-0.39, 0.29) is 23.5 Å². The predicted octanol–water partition coefficient (Wildman–Crippen LogP) is 2.98. The molecule has 1 aliphatic carbocycles. The van der Waals surface area contributed by atoms with Crippen molar-refractivity contribution in [3.05, 3.63) is 71.8 Å². The molecule has 5 heterocycles. The quantitative estimate of drug-likeness (QED) is 0.343. The van der Waals surface area contributed by atoms with Crippen molar-refractivity contribution in [2.24, 2.45) is 7.05 Å². The number of aromatic nitrogens is 5. The Morgan fingerprint density at radius 1 is 1.10 bits per heavy atom. The molecule has 1 aromatic carbocycles. The molecule has 11 heteroatoms. The number of carbonyl (C=O) groups is 1. The minimum atomic E-state index is -0.999. The van der Waals surface area contributed by atoms with E-state index in [1.54, 1.807) is 14.1 Å². The lowest BCUT2D eigenvalue weighted by Gasteiger charge is -2.38. The molecule has 3 fully saturated rings. The standard InChI is InChI=1S/C30H36N8O3/c1-21-16-23(41-20-29(9-10-29)22-6-4-3-5-7-22)17-38-27(21)31-26(34-38)24(39)18-37-19-30(32-28(37)40)11-14-36(15-12-30)25-8-13-35(2)33-25/h3-8,13,16-17,24,39H,9-12,14-15,18-20H2,1-2H3,(H,32,40). The summed E-state index contributed by atoms with van der Waals surface area (Å²) in [6, 6.07) is 14.4. The highest BCUT2D eigenvalue weighted by Crippen LogP contribution is 2.48. The molecule has 0 radical (unpaired) electrons. The van der Waals surface area contributed by atoms with Gasteiger partial charge in [0, 0.05) is 44.4 Å². The van der Waals surface area contributed by atoms with Gasteiger partial charge in [0.25, 0.3) is 0 Å². The lowest BCUT2D eigenvalue weighted by atomic mass is 9.88. The van der Waals surface area contributed by atoms with Crippen LogP contribution in [0.5, 0.6) is 5.75 Å². The summed E-state index contributed by atoms with van der Waals surface area (Å²) in [7, 11) is 1.91. The number of aryl methyl sites for hydroxylation is 2. The molecule has 4 aromatic rings. The minimum absolute atomic E-state index is 0.0799. The number of aliphatic hydroxyl groups is 1. The average Bonchev–Trinajstić information content (AvgIpc) is 3.26. The summed E-state index contributed by atoms with van der Waals surface area (Å²) in [5.74, 6) is 1.98. The van der Waals surface area contributed by atoms with Gasteiger partial charge in [-0.2, -0.15) is 5.10 Å². The highest BCUT2D eigenvalue weighted by molar-refractivity contribution is 5.78. The number of nitrogens with one attached hydrogen (secondary N) is 1. The van der Waals surface area contributed by atoms with E-state index < -0.39 is 6.10 Å². The van der Waals surface area contributed by atoms with Gasteiger partial charge in [-0.15, -0.1) is 5.10 Å². The maximum absolute atomic E-state index is 12.9. The molecule has 11 nitrogen and oxygen atoms in total. The highest BCUT2D eigenvalue weighted by Gasteiger charge is 2.46. The van der Waals surface area contributed by atoms with Crippen LogP contribution in [0.1, 0.15) is 48.7 Å². The molecule has 3 aromatic heterocycles. The summed E-state index contributed by atoms with van der Waals surface area (Å²) in [6.07, 6.45) is 6.64. The number of fused-ring (bicyclic) bond motifs is 1. The van der Waals surface area contributed by atoms with Crippen LogP contribution in [0.15, 0.2) is 54.9 Å². The Morgan fingerprint density at radius 2 is 1.88 bits per heavy atom. The van der Waals surface area contributed by atoms with E-state index in [1.807, 2.05) is 44.6 Å². The van der Waals surface area contributed by atoms with Gasteiger partial charge in [0.15, 0.2) is 17.3 Å². The first-order valence-corrected chi connectivity index (χ1v) is 14.4. The second-order valence-corrected chi connectivity index (χ2v) is 12.0. The van der Waals surface area contributed by atoms with E-state index in [0.29, 0.717) is 24.6 Å². The number of carbonyl (C=O) groups excluding carboxylic acids is 1. The Labute approximate surface area is 238 Å². The van der Waals surface area contributed by atoms with Gasteiger partial charge in [0.1, 0.15) is 11.9 Å². The molecule has 1 saturated carbocycles. The second-order valence-electron chi connectivity index (χ2n) is 12.0. The van der Waals surface area contributed by atoms with Gasteiger partial charge >= 0.3 is 6.03 Å². The van der Waals surface area contributed by atoms with Gasteiger partial charge in [0.2, 0.25) is 0 Å². The normalized spacial score (nSPS) is 20.0. The van der Waals surface area contributed by atoms with Gasteiger partial charge < -0.3 is 25.0 Å². The number of anilines is 1. The van der Waals surface area contributed by atoms with Crippen molar-refractivity contribution in [1.82, 2.24) is 34.6 Å². The number of aliphatic hydroxyl groups excluding tert-OH is 1. The average molecular weight is 557 g/mol. The third-order valence-electron chi connectivity index (χ3n) is 8.95. The fourth-order valence-electron chi connectivity index (χ4n) is 6.27. The van der Waals surface area contributed by atoms with Gasteiger partial charge in [-0.3, -0.25) is 4.68 Å². The third kappa shape index (κ3) is 4.88. The Bertz CT molecular complexity index is 1570. The Kier molecular flexibility index (Phi) is 6.15. The number of ether oxygens (including phenoxy) is 1. The maximum Gasteiger partial charge on any atom is 0.318 e. The molecule has 1 atom stereocenters. The zero-order valence-corrected chi connectivity index (χ0v) is 23.5. The molecule has 1 unspecified atom stereocenters. The van der Waals surface area contributed by atoms with E-state index in [9.17, 15) is 9.90 Å². The summed E-state index contributed by atoms with van der Waals surface area (Å²) in [5, 5.41) is 23.4. The lowest BCUT2D eigenvalue weighted by molar-refractivity contribution is 0.121. The Balaban J connectivity index is 0.995. The van der Waals surface area contributed by atoms with Crippen LogP contribution >= 0.6 is 0 Å². The van der Waals surface area contributed by atoms with Crippen LogP contribution in [0.25, 0.3) is 5.65 Å². The number of piperidine rings is 1. The van der Waals surface area contributed by atoms with Crippen LogP contribution in [0, 0.1) is 6.92 Å². The minimum Gasteiger partial charge on any atom is -0.491 e. The summed E-state index contributed by atoms with van der Waals surface area (Å²) in [4.78, 5) is 21.5. The molecule has 2 N–H and O–H groups in total. The van der Waals surface area contributed by atoms with Crippen molar-refractivity contribution in [2.45, 2.75) is 49.7 Å². The van der Waals surface area contributed by atoms with E-state index in [4.69, 9.17) is 4.74 Å². The summed E-state index contributed by atoms with van der Waals surface area (Å²) >= 11 is 0. The third-order valence-corrected chi connectivity index (χ3v) is 8.95. The topological polar surface area (TPSA) is 113 Å². The predicted molar refractivity (Wildman–Crippen MR) is 153 cm³/mol. The fraction of sp³-hybridized carbons (Fsp3) is 0.467. The molecule has 1 spiro atoms. The first-order valence-electron chi connectivity index (χ1n) is 14.4. The molecular formula is C30H36N8O3. The molecule has 2 aliphatic heterocycles. The van der Waals surface area contributed by atoms with E-state index in [0.717, 1.165) is 55.9 Å². The molecular weight excluding hydrogens is 520 g/mol. The van der Waals surface area contributed by atoms with E-state index in [2.05, 4.69) is 49.7 Å². The van der Waals surface area contributed by atoms with Crippen molar-refractivity contribution in [3.63, 3.8) is 0 Å². The summed E-state index contributed by atoms with van der Waals surface area (Å²) < 4.78 is 9.72. The van der Waals surface area contributed by atoms with Crippen LogP contribution in [0.4, 0.5) is 10.6 Å². The van der Waals surface area contributed by atoms with E-state index in [1.165, 1.54) is 5.56 Å². The van der Waals surface area contributed by atoms with Crippen LogP contribution in [-0.2, 0) is 12.5 Å².